The smallest absolute Gasteiger partial charge is 0.297 e. The number of fused-ring (bicyclic) bond motifs is 1. The number of benzene rings is 1. The van der Waals surface area contributed by atoms with Crippen molar-refractivity contribution in [1.82, 2.24) is 15.3 Å². The SMILES string of the molecule is O=c1[nH]c(OC[C@@H]2CCCNC[C@H](F)C2)nc2c(F)c(Br)c(Cl)c(F)c12. The highest BCUT2D eigenvalue weighted by atomic mass is 79.9. The van der Waals surface area contributed by atoms with Crippen LogP contribution in [0.5, 0.6) is 6.01 Å². The zero-order chi connectivity index (χ0) is 18.8. The van der Waals surface area contributed by atoms with Crippen molar-refractivity contribution >= 4 is 38.4 Å². The number of nitrogens with one attached hydrogen (secondary N) is 2. The molecule has 1 saturated heterocycles. The maximum Gasteiger partial charge on any atom is 0.297 e. The molecule has 0 amide bonds. The fraction of sp³-hybridized carbons (Fsp3) is 0.500. The third-order valence-electron chi connectivity index (χ3n) is 4.28. The first-order valence-corrected chi connectivity index (χ1v) is 9.29. The molecule has 0 spiro atoms. The number of aromatic amines is 1. The quantitative estimate of drug-likeness (QED) is 0.548. The van der Waals surface area contributed by atoms with E-state index in [1.807, 2.05) is 0 Å². The highest BCUT2D eigenvalue weighted by Gasteiger charge is 2.23. The fourth-order valence-corrected chi connectivity index (χ4v) is 3.51. The predicted octanol–water partition coefficient (Wildman–Crippen LogP) is 3.72. The van der Waals surface area contributed by atoms with Crippen LogP contribution in [0.2, 0.25) is 5.02 Å². The summed E-state index contributed by atoms with van der Waals surface area (Å²) in [4.78, 5) is 18.2. The maximum absolute atomic E-state index is 14.3. The van der Waals surface area contributed by atoms with Crippen LogP contribution in [0.15, 0.2) is 9.27 Å². The molecule has 0 bridgehead atoms. The Morgan fingerprint density at radius 3 is 2.88 bits per heavy atom. The van der Waals surface area contributed by atoms with Crippen molar-refractivity contribution in [2.45, 2.75) is 25.4 Å². The Bertz CT molecular complexity index is 880. The Kier molecular flexibility index (Phi) is 6.09. The van der Waals surface area contributed by atoms with Gasteiger partial charge in [0.2, 0.25) is 0 Å². The Labute approximate surface area is 160 Å². The van der Waals surface area contributed by atoms with Crippen LogP contribution in [0, 0.1) is 17.6 Å². The molecule has 2 atom stereocenters. The molecular formula is C16H16BrClF3N3O2. The minimum absolute atomic E-state index is 0.0633. The Morgan fingerprint density at radius 2 is 2.12 bits per heavy atom. The highest BCUT2D eigenvalue weighted by Crippen LogP contribution is 2.33. The first-order chi connectivity index (χ1) is 12.4. The molecule has 5 nitrogen and oxygen atoms in total. The molecule has 0 saturated carbocycles. The van der Waals surface area contributed by atoms with E-state index in [-0.39, 0.29) is 23.0 Å². The molecule has 1 aromatic carbocycles. The second kappa shape index (κ2) is 8.14. The van der Waals surface area contributed by atoms with Crippen LogP contribution in [0.4, 0.5) is 13.2 Å². The lowest BCUT2D eigenvalue weighted by molar-refractivity contribution is 0.166. The molecule has 0 radical (unpaired) electrons. The number of ether oxygens (including phenoxy) is 1. The van der Waals surface area contributed by atoms with Gasteiger partial charge in [0.15, 0.2) is 11.6 Å². The summed E-state index contributed by atoms with van der Waals surface area (Å²) in [6.07, 6.45) is 0.940. The first-order valence-electron chi connectivity index (χ1n) is 8.12. The van der Waals surface area contributed by atoms with Gasteiger partial charge in [-0.15, -0.1) is 0 Å². The molecule has 26 heavy (non-hydrogen) atoms. The summed E-state index contributed by atoms with van der Waals surface area (Å²) in [5, 5.41) is 1.90. The zero-order valence-electron chi connectivity index (χ0n) is 13.6. The third-order valence-corrected chi connectivity index (χ3v) is 5.61. The van der Waals surface area contributed by atoms with E-state index in [1.165, 1.54) is 0 Å². The molecule has 1 aromatic heterocycles. The number of hydrogen-bond donors (Lipinski definition) is 2. The van der Waals surface area contributed by atoms with Crippen LogP contribution in [-0.4, -0.2) is 35.8 Å². The fourth-order valence-electron chi connectivity index (χ4n) is 2.98. The van der Waals surface area contributed by atoms with E-state index in [4.69, 9.17) is 16.3 Å². The van der Waals surface area contributed by atoms with Crippen molar-refractivity contribution in [3.63, 3.8) is 0 Å². The molecule has 2 aromatic rings. The minimum Gasteiger partial charge on any atom is -0.464 e. The van der Waals surface area contributed by atoms with Gasteiger partial charge in [0.05, 0.1) is 16.1 Å². The number of H-pyrrole nitrogens is 1. The average molecular weight is 455 g/mol. The summed E-state index contributed by atoms with van der Waals surface area (Å²) < 4.78 is 47.4. The van der Waals surface area contributed by atoms with Crippen LogP contribution < -0.4 is 15.6 Å². The summed E-state index contributed by atoms with van der Waals surface area (Å²) in [6, 6.07) is -0.245. The van der Waals surface area contributed by atoms with Gasteiger partial charge in [-0.2, -0.15) is 4.98 Å². The lowest BCUT2D eigenvalue weighted by atomic mass is 9.96. The number of nitrogens with zero attached hydrogens (tertiary/aromatic N) is 1. The van der Waals surface area contributed by atoms with Crippen molar-refractivity contribution in [2.75, 3.05) is 19.7 Å². The van der Waals surface area contributed by atoms with Crippen molar-refractivity contribution < 1.29 is 17.9 Å². The monoisotopic (exact) mass is 453 g/mol. The molecule has 2 N–H and O–H groups in total. The van der Waals surface area contributed by atoms with Crippen molar-refractivity contribution in [3.05, 3.63) is 31.5 Å². The average Bonchev–Trinajstić information content (AvgIpc) is 2.59. The van der Waals surface area contributed by atoms with Gasteiger partial charge in [0.1, 0.15) is 17.1 Å². The summed E-state index contributed by atoms with van der Waals surface area (Å²) >= 11 is 8.50. The topological polar surface area (TPSA) is 67.0 Å². The summed E-state index contributed by atoms with van der Waals surface area (Å²) in [5.41, 5.74) is -1.39. The van der Waals surface area contributed by atoms with Crippen molar-refractivity contribution in [3.8, 4) is 6.01 Å². The summed E-state index contributed by atoms with van der Waals surface area (Å²) in [5.74, 6) is -2.09. The minimum atomic E-state index is -1.07. The van der Waals surface area contributed by atoms with E-state index in [2.05, 4.69) is 31.2 Å². The molecule has 0 unspecified atom stereocenters. The van der Waals surface area contributed by atoms with E-state index in [9.17, 15) is 18.0 Å². The van der Waals surface area contributed by atoms with Crippen LogP contribution in [0.25, 0.3) is 10.9 Å². The molecule has 142 valence electrons. The van der Waals surface area contributed by atoms with Gasteiger partial charge in [-0.05, 0) is 47.7 Å². The molecule has 1 aliphatic heterocycles. The maximum atomic E-state index is 14.3. The zero-order valence-corrected chi connectivity index (χ0v) is 15.9. The molecule has 1 aliphatic rings. The molecule has 3 rings (SSSR count). The highest BCUT2D eigenvalue weighted by molar-refractivity contribution is 9.10. The van der Waals surface area contributed by atoms with Crippen molar-refractivity contribution in [1.29, 1.82) is 0 Å². The van der Waals surface area contributed by atoms with Crippen LogP contribution in [0.1, 0.15) is 19.3 Å². The molecule has 1 fully saturated rings. The largest absolute Gasteiger partial charge is 0.464 e. The standard InChI is InChI=1S/C16H16BrClF3N3O2/c17-10-11(18)12(20)9-14(13(10)21)23-16(24-15(9)25)26-6-7-2-1-3-22-5-8(19)4-7/h7-8,22H,1-6H2,(H,23,24,25)/t7-,8-/m1/s1. The summed E-state index contributed by atoms with van der Waals surface area (Å²) in [7, 11) is 0. The van der Waals surface area contributed by atoms with E-state index in [1.54, 1.807) is 0 Å². The predicted molar refractivity (Wildman–Crippen MR) is 95.6 cm³/mol. The second-order valence-corrected chi connectivity index (χ2v) is 7.38. The van der Waals surface area contributed by atoms with Gasteiger partial charge in [-0.25, -0.2) is 13.2 Å². The van der Waals surface area contributed by atoms with Crippen LogP contribution >= 0.6 is 27.5 Å². The molecule has 2 heterocycles. The van der Waals surface area contributed by atoms with Gasteiger partial charge in [0, 0.05) is 6.54 Å². The lowest BCUT2D eigenvalue weighted by Crippen LogP contribution is -2.31. The second-order valence-electron chi connectivity index (χ2n) is 6.21. The molecule has 0 aliphatic carbocycles. The number of halogens is 5. The Hall–Kier alpha value is -1.32. The normalized spacial score (nSPS) is 21.4. The molecular weight excluding hydrogens is 439 g/mol. The summed E-state index contributed by atoms with van der Waals surface area (Å²) in [6.45, 7) is 1.13. The van der Waals surface area contributed by atoms with E-state index in [0.717, 1.165) is 19.4 Å². The van der Waals surface area contributed by atoms with E-state index in [0.29, 0.717) is 13.0 Å². The van der Waals surface area contributed by atoms with E-state index < -0.39 is 39.3 Å². The van der Waals surface area contributed by atoms with Gasteiger partial charge in [-0.1, -0.05) is 11.6 Å². The number of rotatable bonds is 3. The van der Waals surface area contributed by atoms with Gasteiger partial charge in [0.25, 0.3) is 11.6 Å². The lowest BCUT2D eigenvalue weighted by Gasteiger charge is -2.22. The van der Waals surface area contributed by atoms with Gasteiger partial charge in [-0.3, -0.25) is 9.78 Å². The third kappa shape index (κ3) is 3.99. The number of alkyl halides is 1. The van der Waals surface area contributed by atoms with Gasteiger partial charge < -0.3 is 10.1 Å². The van der Waals surface area contributed by atoms with Crippen LogP contribution in [0.3, 0.4) is 0 Å². The first kappa shape index (κ1) is 19.4. The number of aromatic nitrogens is 2. The molecule has 10 heteroatoms. The Morgan fingerprint density at radius 1 is 1.35 bits per heavy atom. The van der Waals surface area contributed by atoms with Gasteiger partial charge >= 0.3 is 0 Å². The number of hydrogen-bond acceptors (Lipinski definition) is 4. The van der Waals surface area contributed by atoms with Crippen LogP contribution in [-0.2, 0) is 0 Å². The van der Waals surface area contributed by atoms with E-state index >= 15 is 0 Å². The Balaban J connectivity index is 1.86. The van der Waals surface area contributed by atoms with Crippen molar-refractivity contribution in [2.24, 2.45) is 5.92 Å².